The van der Waals surface area contributed by atoms with Crippen LogP contribution in [0.1, 0.15) is 316 Å². The SMILES string of the molecule is CCCCC/C=C\C/C=C\CCCCCCCCCCCC(=O)OCCCC/C=C\CCCCCCCC(=O)NC(CO)C(O)CCCCCCCCCCCCCCCCCCCCCC. The maximum Gasteiger partial charge on any atom is 0.305 e. The Morgan fingerprint density at radius 1 is 0.418 bits per heavy atom. The fraction of sp³-hybridized carbons (Fsp3) is 0.869. The molecule has 0 aromatic carbocycles. The Morgan fingerprint density at radius 3 is 1.18 bits per heavy atom. The Bertz CT molecular complexity index is 1090. The minimum Gasteiger partial charge on any atom is -0.466 e. The smallest absolute Gasteiger partial charge is 0.305 e. The molecule has 0 spiro atoms. The summed E-state index contributed by atoms with van der Waals surface area (Å²) in [5.74, 6) is -0.0967. The Balaban J connectivity index is 3.50. The van der Waals surface area contributed by atoms with E-state index in [1.54, 1.807) is 0 Å². The van der Waals surface area contributed by atoms with Crippen LogP contribution in [-0.4, -0.2) is 47.4 Å². The molecule has 394 valence electrons. The van der Waals surface area contributed by atoms with Crippen LogP contribution >= 0.6 is 0 Å². The lowest BCUT2D eigenvalue weighted by molar-refractivity contribution is -0.143. The summed E-state index contributed by atoms with van der Waals surface area (Å²) in [6, 6.07) is -0.564. The minimum absolute atomic E-state index is 0.0344. The molecule has 6 nitrogen and oxygen atoms in total. The second-order valence-electron chi connectivity index (χ2n) is 20.3. The molecule has 0 heterocycles. The lowest BCUT2D eigenvalue weighted by Gasteiger charge is -2.22. The molecule has 0 bridgehead atoms. The monoisotopic (exact) mass is 942 g/mol. The first-order valence-electron chi connectivity index (χ1n) is 29.7. The van der Waals surface area contributed by atoms with E-state index in [1.165, 1.54) is 193 Å². The standard InChI is InChI=1S/C61H115NO5/c1-3-5-7-9-11-13-15-17-19-21-23-25-26-28-30-33-37-41-45-49-53-59(64)58(57-63)62-60(65)54-50-46-42-38-34-32-36-40-44-48-52-56-67-61(66)55-51-47-43-39-35-31-29-27-24-22-20-18-16-14-12-10-8-6-4-2/h12,14,18,20,36,40,58-59,63-64H,3-11,13,15-17,19,21-35,37-39,41-57H2,1-2H3,(H,62,65)/b14-12-,20-18-,40-36-. The van der Waals surface area contributed by atoms with Gasteiger partial charge >= 0.3 is 5.97 Å². The Morgan fingerprint density at radius 2 is 0.746 bits per heavy atom. The summed E-state index contributed by atoms with van der Waals surface area (Å²) in [4.78, 5) is 24.6. The van der Waals surface area contributed by atoms with Gasteiger partial charge in [-0.25, -0.2) is 0 Å². The highest BCUT2D eigenvalue weighted by atomic mass is 16.5. The first kappa shape index (κ1) is 65.1. The van der Waals surface area contributed by atoms with E-state index in [0.717, 1.165) is 89.9 Å². The third-order valence-electron chi connectivity index (χ3n) is 13.7. The highest BCUT2D eigenvalue weighted by molar-refractivity contribution is 5.76. The number of nitrogens with one attached hydrogen (secondary N) is 1. The number of rotatable bonds is 55. The summed E-state index contributed by atoms with van der Waals surface area (Å²) < 4.78 is 5.46. The number of allylic oxidation sites excluding steroid dienone is 6. The predicted octanol–water partition coefficient (Wildman–Crippen LogP) is 18.4. The zero-order valence-electron chi connectivity index (χ0n) is 44.9. The molecule has 2 unspecified atom stereocenters. The van der Waals surface area contributed by atoms with Crippen molar-refractivity contribution in [2.45, 2.75) is 328 Å². The van der Waals surface area contributed by atoms with Gasteiger partial charge < -0.3 is 20.3 Å². The zero-order valence-corrected chi connectivity index (χ0v) is 44.9. The number of carbonyl (C=O) groups is 2. The second-order valence-corrected chi connectivity index (χ2v) is 20.3. The molecule has 67 heavy (non-hydrogen) atoms. The Hall–Kier alpha value is -1.92. The van der Waals surface area contributed by atoms with Crippen LogP contribution in [0.15, 0.2) is 36.5 Å². The molecule has 3 N–H and O–H groups in total. The van der Waals surface area contributed by atoms with E-state index in [2.05, 4.69) is 55.6 Å². The lowest BCUT2D eigenvalue weighted by Crippen LogP contribution is -2.45. The van der Waals surface area contributed by atoms with E-state index >= 15 is 0 Å². The molecule has 0 fully saturated rings. The predicted molar refractivity (Wildman–Crippen MR) is 292 cm³/mol. The third-order valence-corrected chi connectivity index (χ3v) is 13.7. The molecule has 0 saturated carbocycles. The normalized spacial score (nSPS) is 12.8. The molecular formula is C61H115NO5. The zero-order chi connectivity index (χ0) is 48.6. The van der Waals surface area contributed by atoms with E-state index in [0.29, 0.717) is 25.9 Å². The average Bonchev–Trinajstić information content (AvgIpc) is 3.33. The number of aliphatic hydroxyl groups is 2. The van der Waals surface area contributed by atoms with Crippen LogP contribution in [0.4, 0.5) is 0 Å². The fourth-order valence-electron chi connectivity index (χ4n) is 9.08. The molecule has 0 saturated heterocycles. The first-order valence-corrected chi connectivity index (χ1v) is 29.7. The number of amides is 1. The van der Waals surface area contributed by atoms with Gasteiger partial charge in [0.25, 0.3) is 0 Å². The van der Waals surface area contributed by atoms with Gasteiger partial charge in [0.2, 0.25) is 5.91 Å². The second kappa shape index (κ2) is 56.7. The average molecular weight is 943 g/mol. The summed E-state index contributed by atoms with van der Waals surface area (Å²) in [7, 11) is 0. The molecule has 0 aliphatic rings. The molecule has 2 atom stereocenters. The van der Waals surface area contributed by atoms with Gasteiger partial charge in [0.05, 0.1) is 25.4 Å². The third kappa shape index (κ3) is 53.3. The molecule has 0 radical (unpaired) electrons. The van der Waals surface area contributed by atoms with E-state index in [-0.39, 0.29) is 18.5 Å². The maximum absolute atomic E-state index is 12.5. The molecule has 6 heteroatoms. The lowest BCUT2D eigenvalue weighted by atomic mass is 10.0. The number of aliphatic hydroxyl groups excluding tert-OH is 2. The van der Waals surface area contributed by atoms with Crippen LogP contribution in [-0.2, 0) is 14.3 Å². The first-order chi connectivity index (χ1) is 33.0. The molecule has 1 amide bonds. The maximum atomic E-state index is 12.5. The van der Waals surface area contributed by atoms with E-state index < -0.39 is 12.1 Å². The van der Waals surface area contributed by atoms with Crippen molar-refractivity contribution in [2.75, 3.05) is 13.2 Å². The van der Waals surface area contributed by atoms with Gasteiger partial charge in [0.1, 0.15) is 0 Å². The summed E-state index contributed by atoms with van der Waals surface area (Å²) in [5.41, 5.74) is 0. The van der Waals surface area contributed by atoms with Crippen molar-refractivity contribution in [1.29, 1.82) is 0 Å². The Labute approximate surface area is 417 Å². The van der Waals surface area contributed by atoms with E-state index in [1.807, 2.05) is 0 Å². The van der Waals surface area contributed by atoms with Crippen molar-refractivity contribution in [1.82, 2.24) is 5.32 Å². The van der Waals surface area contributed by atoms with Crippen LogP contribution in [0.2, 0.25) is 0 Å². The van der Waals surface area contributed by atoms with Crippen molar-refractivity contribution < 1.29 is 24.5 Å². The van der Waals surface area contributed by atoms with Crippen molar-refractivity contribution in [3.05, 3.63) is 36.5 Å². The molecule has 0 rings (SSSR count). The van der Waals surface area contributed by atoms with Gasteiger partial charge in [-0.05, 0) is 83.5 Å². The summed E-state index contributed by atoms with van der Waals surface area (Å²) in [6.45, 7) is 4.87. The molecule has 0 aliphatic heterocycles. The van der Waals surface area contributed by atoms with Crippen LogP contribution in [0, 0.1) is 0 Å². The number of hydrogen-bond donors (Lipinski definition) is 3. The van der Waals surface area contributed by atoms with Gasteiger partial charge in [-0.15, -0.1) is 0 Å². The van der Waals surface area contributed by atoms with Gasteiger partial charge in [-0.1, -0.05) is 256 Å². The molecule has 0 aromatic heterocycles. The van der Waals surface area contributed by atoms with Crippen LogP contribution in [0.5, 0.6) is 0 Å². The molecule has 0 aromatic rings. The highest BCUT2D eigenvalue weighted by Gasteiger charge is 2.20. The summed E-state index contributed by atoms with van der Waals surface area (Å²) >= 11 is 0. The number of ether oxygens (including phenoxy) is 1. The summed E-state index contributed by atoms with van der Waals surface area (Å²) in [6.07, 6.45) is 69.9. The largest absolute Gasteiger partial charge is 0.466 e. The number of hydrogen-bond acceptors (Lipinski definition) is 5. The number of unbranched alkanes of at least 4 members (excludes halogenated alkanes) is 38. The van der Waals surface area contributed by atoms with Crippen molar-refractivity contribution in [2.24, 2.45) is 0 Å². The topological polar surface area (TPSA) is 95.9 Å². The molecular weight excluding hydrogens is 827 g/mol. The number of esters is 1. The number of carbonyl (C=O) groups excluding carboxylic acids is 2. The minimum atomic E-state index is -0.684. The molecule has 0 aliphatic carbocycles. The van der Waals surface area contributed by atoms with Crippen molar-refractivity contribution >= 4 is 11.9 Å². The Kier molecular flexibility index (Phi) is 55.0. The van der Waals surface area contributed by atoms with Crippen molar-refractivity contribution in [3.63, 3.8) is 0 Å². The highest BCUT2D eigenvalue weighted by Crippen LogP contribution is 2.17. The van der Waals surface area contributed by atoms with Gasteiger partial charge in [-0.2, -0.15) is 0 Å². The van der Waals surface area contributed by atoms with E-state index in [4.69, 9.17) is 4.74 Å². The van der Waals surface area contributed by atoms with Crippen LogP contribution in [0.3, 0.4) is 0 Å². The van der Waals surface area contributed by atoms with Crippen molar-refractivity contribution in [3.8, 4) is 0 Å². The van der Waals surface area contributed by atoms with Gasteiger partial charge in [0, 0.05) is 12.8 Å². The van der Waals surface area contributed by atoms with Gasteiger partial charge in [-0.3, -0.25) is 9.59 Å². The van der Waals surface area contributed by atoms with Crippen LogP contribution < -0.4 is 5.32 Å². The van der Waals surface area contributed by atoms with E-state index in [9.17, 15) is 19.8 Å². The summed E-state index contributed by atoms with van der Waals surface area (Å²) in [5, 5.41) is 23.3. The van der Waals surface area contributed by atoms with Gasteiger partial charge in [0.15, 0.2) is 0 Å². The fourth-order valence-corrected chi connectivity index (χ4v) is 9.08. The quantitative estimate of drug-likeness (QED) is 0.0321. The van der Waals surface area contributed by atoms with Crippen LogP contribution in [0.25, 0.3) is 0 Å².